The second-order valence-corrected chi connectivity index (χ2v) is 8.12. The molecule has 0 spiro atoms. The number of nitrogens with two attached hydrogens (primary N) is 1. The first kappa shape index (κ1) is 21.4. The van der Waals surface area contributed by atoms with Gasteiger partial charge >= 0.3 is 0 Å². The van der Waals surface area contributed by atoms with E-state index in [1.807, 2.05) is 32.0 Å². The third-order valence-electron chi connectivity index (χ3n) is 5.49. The van der Waals surface area contributed by atoms with Crippen molar-refractivity contribution in [1.82, 2.24) is 4.98 Å². The normalized spacial score (nSPS) is 14.4. The number of rotatable bonds is 7. The minimum atomic E-state index is 0.196. The molecule has 0 amide bonds. The summed E-state index contributed by atoms with van der Waals surface area (Å²) in [6.07, 6.45) is 0.196. The Kier molecular flexibility index (Phi) is 6.59. The Balaban J connectivity index is 1.67. The molecule has 1 saturated heterocycles. The molecule has 2 aromatic carbocycles. The Morgan fingerprint density at radius 2 is 1.90 bits per heavy atom. The van der Waals surface area contributed by atoms with Crippen molar-refractivity contribution in [3.8, 4) is 16.9 Å². The van der Waals surface area contributed by atoms with Gasteiger partial charge in [0.15, 0.2) is 0 Å². The van der Waals surface area contributed by atoms with Crippen LogP contribution < -0.4 is 15.4 Å². The van der Waals surface area contributed by atoms with Crippen LogP contribution in [0.5, 0.6) is 5.75 Å². The number of nitrogens with zero attached hydrogens (tertiary/aromatic N) is 2. The van der Waals surface area contributed by atoms with Crippen LogP contribution in [0.15, 0.2) is 42.5 Å². The maximum atomic E-state index is 6.28. The number of morpholine rings is 1. The van der Waals surface area contributed by atoms with Crippen LogP contribution >= 0.6 is 0 Å². The van der Waals surface area contributed by atoms with E-state index >= 15 is 0 Å². The Morgan fingerprint density at radius 1 is 1.10 bits per heavy atom. The highest BCUT2D eigenvalue weighted by atomic mass is 16.5. The van der Waals surface area contributed by atoms with Gasteiger partial charge in [0.2, 0.25) is 0 Å². The van der Waals surface area contributed by atoms with E-state index in [4.69, 9.17) is 19.9 Å². The molecular formula is C25H31N3O3. The molecule has 3 aromatic rings. The topological polar surface area (TPSA) is 69.8 Å². The zero-order valence-corrected chi connectivity index (χ0v) is 18.6. The quantitative estimate of drug-likeness (QED) is 0.569. The molecule has 6 nitrogen and oxygen atoms in total. The lowest BCUT2D eigenvalue weighted by Crippen LogP contribution is -2.36. The molecule has 2 N–H and O–H groups in total. The smallest absolute Gasteiger partial charge is 0.147 e. The van der Waals surface area contributed by atoms with Crippen molar-refractivity contribution in [2.75, 3.05) is 50.2 Å². The van der Waals surface area contributed by atoms with Gasteiger partial charge in [-0.15, -0.1) is 0 Å². The monoisotopic (exact) mass is 421 g/mol. The highest BCUT2D eigenvalue weighted by Crippen LogP contribution is 2.36. The van der Waals surface area contributed by atoms with Gasteiger partial charge in [-0.2, -0.15) is 0 Å². The van der Waals surface area contributed by atoms with Crippen molar-refractivity contribution in [1.29, 1.82) is 0 Å². The second kappa shape index (κ2) is 9.54. The van der Waals surface area contributed by atoms with Gasteiger partial charge in [-0.25, -0.2) is 4.98 Å². The van der Waals surface area contributed by atoms with Gasteiger partial charge < -0.3 is 24.8 Å². The van der Waals surface area contributed by atoms with E-state index in [-0.39, 0.29) is 6.10 Å². The van der Waals surface area contributed by atoms with E-state index in [1.165, 1.54) is 5.56 Å². The van der Waals surface area contributed by atoms with Crippen LogP contribution in [0.1, 0.15) is 19.4 Å². The summed E-state index contributed by atoms with van der Waals surface area (Å²) in [6, 6.07) is 14.6. The van der Waals surface area contributed by atoms with Crippen LogP contribution in [-0.2, 0) is 9.47 Å². The highest BCUT2D eigenvalue weighted by molar-refractivity contribution is 5.91. The van der Waals surface area contributed by atoms with E-state index in [9.17, 15) is 0 Å². The molecule has 0 saturated carbocycles. The second-order valence-electron chi connectivity index (χ2n) is 8.12. The SMILES string of the molecule is Cc1cccc(OCCOC(C)C)c1-c1ccc2nc(N)c(N3CCOCC3)cc2c1. The molecule has 0 bridgehead atoms. The Morgan fingerprint density at radius 3 is 2.68 bits per heavy atom. The molecule has 1 aliphatic rings. The number of hydrogen-bond acceptors (Lipinski definition) is 6. The third kappa shape index (κ3) is 4.92. The minimum Gasteiger partial charge on any atom is -0.491 e. The maximum absolute atomic E-state index is 6.28. The van der Waals surface area contributed by atoms with Crippen LogP contribution in [0, 0.1) is 6.92 Å². The molecule has 0 atom stereocenters. The van der Waals surface area contributed by atoms with Crippen molar-refractivity contribution < 1.29 is 14.2 Å². The van der Waals surface area contributed by atoms with Crippen molar-refractivity contribution >= 4 is 22.4 Å². The number of aromatic nitrogens is 1. The molecule has 0 radical (unpaired) electrons. The van der Waals surface area contributed by atoms with E-state index in [1.54, 1.807) is 0 Å². The van der Waals surface area contributed by atoms with Gasteiger partial charge in [-0.1, -0.05) is 18.2 Å². The van der Waals surface area contributed by atoms with Crippen molar-refractivity contribution in [3.05, 3.63) is 48.0 Å². The molecule has 4 rings (SSSR count). The zero-order valence-electron chi connectivity index (χ0n) is 18.6. The van der Waals surface area contributed by atoms with Crippen molar-refractivity contribution in [3.63, 3.8) is 0 Å². The Bertz CT molecular complexity index is 1050. The number of pyridine rings is 1. The average molecular weight is 422 g/mol. The summed E-state index contributed by atoms with van der Waals surface area (Å²) in [7, 11) is 0. The lowest BCUT2D eigenvalue weighted by molar-refractivity contribution is 0.0554. The number of nitrogen functional groups attached to an aromatic ring is 1. The van der Waals surface area contributed by atoms with E-state index in [2.05, 4.69) is 41.1 Å². The summed E-state index contributed by atoms with van der Waals surface area (Å²) in [5.41, 5.74) is 11.5. The van der Waals surface area contributed by atoms with E-state index < -0.39 is 0 Å². The predicted molar refractivity (Wildman–Crippen MR) is 126 cm³/mol. The number of ether oxygens (including phenoxy) is 3. The Hall–Kier alpha value is -2.83. The summed E-state index contributed by atoms with van der Waals surface area (Å²) in [5, 5.41) is 1.06. The first-order chi connectivity index (χ1) is 15.0. The molecular weight excluding hydrogens is 390 g/mol. The van der Waals surface area contributed by atoms with Crippen LogP contribution in [0.2, 0.25) is 0 Å². The number of anilines is 2. The van der Waals surface area contributed by atoms with Gasteiger partial charge in [-0.3, -0.25) is 0 Å². The summed E-state index contributed by atoms with van der Waals surface area (Å²) >= 11 is 0. The van der Waals surface area contributed by atoms with Crippen molar-refractivity contribution in [2.45, 2.75) is 26.9 Å². The summed E-state index contributed by atoms with van der Waals surface area (Å²) < 4.78 is 17.2. The lowest BCUT2D eigenvalue weighted by atomic mass is 9.97. The molecule has 6 heteroatoms. The molecule has 31 heavy (non-hydrogen) atoms. The standard InChI is InChI=1S/C25H31N3O3/c1-17(2)30-13-14-31-23-6-4-5-18(3)24(23)19-7-8-21-20(15-19)16-22(25(26)27-21)28-9-11-29-12-10-28/h4-8,15-17H,9-14H2,1-3H3,(H2,26,27). The molecule has 0 unspecified atom stereocenters. The zero-order chi connectivity index (χ0) is 21.8. The van der Waals surface area contributed by atoms with Gasteiger partial charge in [-0.05, 0) is 56.2 Å². The molecule has 164 valence electrons. The van der Waals surface area contributed by atoms with Crippen LogP contribution in [0.4, 0.5) is 11.5 Å². The van der Waals surface area contributed by atoms with Gasteiger partial charge in [0.1, 0.15) is 18.2 Å². The van der Waals surface area contributed by atoms with E-state index in [0.29, 0.717) is 32.2 Å². The molecule has 1 aromatic heterocycles. The lowest BCUT2D eigenvalue weighted by Gasteiger charge is -2.29. The fourth-order valence-corrected chi connectivity index (χ4v) is 3.96. The van der Waals surface area contributed by atoms with Gasteiger partial charge in [0, 0.05) is 24.0 Å². The van der Waals surface area contributed by atoms with Crippen LogP contribution in [0.25, 0.3) is 22.0 Å². The van der Waals surface area contributed by atoms with Crippen LogP contribution in [0.3, 0.4) is 0 Å². The number of aryl methyl sites for hydroxylation is 1. The molecule has 2 heterocycles. The molecule has 0 aliphatic carbocycles. The number of benzene rings is 2. The molecule has 1 aliphatic heterocycles. The predicted octanol–water partition coefficient (Wildman–Crippen LogP) is 4.43. The number of fused-ring (bicyclic) bond motifs is 1. The third-order valence-corrected chi connectivity index (χ3v) is 5.49. The number of hydrogen-bond donors (Lipinski definition) is 1. The fraction of sp³-hybridized carbons (Fsp3) is 0.400. The summed E-state index contributed by atoms with van der Waals surface area (Å²) in [4.78, 5) is 6.90. The first-order valence-corrected chi connectivity index (χ1v) is 10.9. The van der Waals surface area contributed by atoms with Crippen molar-refractivity contribution in [2.24, 2.45) is 0 Å². The highest BCUT2D eigenvalue weighted by Gasteiger charge is 2.17. The molecule has 1 fully saturated rings. The van der Waals surface area contributed by atoms with Gasteiger partial charge in [0.25, 0.3) is 0 Å². The first-order valence-electron chi connectivity index (χ1n) is 10.9. The maximum Gasteiger partial charge on any atom is 0.147 e. The fourth-order valence-electron chi connectivity index (χ4n) is 3.96. The summed E-state index contributed by atoms with van der Waals surface area (Å²) in [5.74, 6) is 1.43. The largest absolute Gasteiger partial charge is 0.491 e. The summed E-state index contributed by atoms with van der Waals surface area (Å²) in [6.45, 7) is 10.3. The van der Waals surface area contributed by atoms with Crippen LogP contribution in [-0.4, -0.2) is 50.6 Å². The average Bonchev–Trinajstić information content (AvgIpc) is 2.76. The Labute approximate surface area is 183 Å². The van der Waals surface area contributed by atoms with E-state index in [0.717, 1.165) is 46.6 Å². The van der Waals surface area contributed by atoms with Gasteiger partial charge in [0.05, 0.1) is 37.1 Å². The minimum absolute atomic E-state index is 0.196.